The molecule has 1 atom stereocenters. The maximum absolute atomic E-state index is 5.74. The van der Waals surface area contributed by atoms with Gasteiger partial charge in [0.25, 0.3) is 0 Å². The normalized spacial score (nSPS) is 12.5. The number of benzene rings is 1. The molecule has 1 aromatic rings. The van der Waals surface area contributed by atoms with Gasteiger partial charge in [-0.15, -0.1) is 6.58 Å². The Bertz CT molecular complexity index is 331. The lowest BCUT2D eigenvalue weighted by atomic mass is 10.0. The second-order valence-electron chi connectivity index (χ2n) is 3.83. The van der Waals surface area contributed by atoms with Gasteiger partial charge >= 0.3 is 0 Å². The summed E-state index contributed by atoms with van der Waals surface area (Å²) in [7, 11) is 0. The summed E-state index contributed by atoms with van der Waals surface area (Å²) < 4.78 is 0. The highest BCUT2D eigenvalue weighted by Gasteiger charge is 2.08. The minimum absolute atomic E-state index is 0.224. The summed E-state index contributed by atoms with van der Waals surface area (Å²) in [6.45, 7) is 9.33. The molecular weight excluding hydrogens is 184 g/mol. The van der Waals surface area contributed by atoms with Crippen molar-refractivity contribution < 1.29 is 0 Å². The predicted octanol–water partition coefficient (Wildman–Crippen LogP) is 2.08. The van der Waals surface area contributed by atoms with Crippen LogP contribution in [0.15, 0.2) is 30.9 Å². The molecule has 2 nitrogen and oxygen atoms in total. The maximum atomic E-state index is 5.74. The summed E-state index contributed by atoms with van der Waals surface area (Å²) in [4.78, 5) is 0. The number of hydrogen-bond acceptors (Lipinski definition) is 2. The molecule has 0 aliphatic heterocycles. The van der Waals surface area contributed by atoms with Crippen LogP contribution in [0.4, 0.5) is 0 Å². The summed E-state index contributed by atoms with van der Waals surface area (Å²) in [5, 5.41) is 3.34. The van der Waals surface area contributed by atoms with Gasteiger partial charge in [-0.05, 0) is 30.5 Å². The first-order valence-electron chi connectivity index (χ1n) is 5.30. The average molecular weight is 204 g/mol. The van der Waals surface area contributed by atoms with Crippen LogP contribution in [0.25, 0.3) is 0 Å². The first kappa shape index (κ1) is 12.0. The number of aryl methyl sites for hydroxylation is 2. The van der Waals surface area contributed by atoms with Crippen LogP contribution in [0.2, 0.25) is 0 Å². The Labute approximate surface area is 92.2 Å². The molecule has 0 fully saturated rings. The van der Waals surface area contributed by atoms with E-state index in [9.17, 15) is 0 Å². The average Bonchev–Trinajstić information content (AvgIpc) is 2.24. The topological polar surface area (TPSA) is 38.0 Å². The van der Waals surface area contributed by atoms with Gasteiger partial charge < -0.3 is 11.1 Å². The Morgan fingerprint density at radius 2 is 2.13 bits per heavy atom. The lowest BCUT2D eigenvalue weighted by Gasteiger charge is -2.17. The molecule has 0 aromatic heterocycles. The van der Waals surface area contributed by atoms with E-state index in [1.807, 2.05) is 6.08 Å². The molecule has 1 rings (SSSR count). The largest absolute Gasteiger partial charge is 0.329 e. The molecule has 0 saturated heterocycles. The van der Waals surface area contributed by atoms with Crippen molar-refractivity contribution in [3.8, 4) is 0 Å². The van der Waals surface area contributed by atoms with Gasteiger partial charge in [0.2, 0.25) is 0 Å². The molecule has 0 amide bonds. The SMILES string of the molecule is C=CCNC(CN)c1ccc(C)c(C)c1. The highest BCUT2D eigenvalue weighted by atomic mass is 14.9. The van der Waals surface area contributed by atoms with Gasteiger partial charge in [-0.25, -0.2) is 0 Å². The lowest BCUT2D eigenvalue weighted by Crippen LogP contribution is -2.28. The number of nitrogens with one attached hydrogen (secondary N) is 1. The zero-order valence-electron chi connectivity index (χ0n) is 9.59. The quantitative estimate of drug-likeness (QED) is 0.721. The summed E-state index contributed by atoms with van der Waals surface area (Å²) in [5.74, 6) is 0. The van der Waals surface area contributed by atoms with Gasteiger partial charge in [-0.3, -0.25) is 0 Å². The Morgan fingerprint density at radius 3 is 2.67 bits per heavy atom. The zero-order chi connectivity index (χ0) is 11.3. The second-order valence-corrected chi connectivity index (χ2v) is 3.83. The third-order valence-electron chi connectivity index (χ3n) is 2.68. The number of hydrogen-bond donors (Lipinski definition) is 2. The molecule has 0 spiro atoms. The molecule has 0 bridgehead atoms. The minimum atomic E-state index is 0.224. The van der Waals surface area contributed by atoms with Gasteiger partial charge in [0.05, 0.1) is 0 Å². The van der Waals surface area contributed by atoms with E-state index in [1.165, 1.54) is 16.7 Å². The molecule has 0 aliphatic rings. The monoisotopic (exact) mass is 204 g/mol. The molecule has 15 heavy (non-hydrogen) atoms. The van der Waals surface area contributed by atoms with Gasteiger partial charge in [0.15, 0.2) is 0 Å². The molecule has 0 saturated carbocycles. The highest BCUT2D eigenvalue weighted by Crippen LogP contribution is 2.16. The van der Waals surface area contributed by atoms with E-state index in [-0.39, 0.29) is 6.04 Å². The van der Waals surface area contributed by atoms with Crippen LogP contribution in [0.5, 0.6) is 0 Å². The van der Waals surface area contributed by atoms with Crippen LogP contribution in [0.3, 0.4) is 0 Å². The first-order chi connectivity index (χ1) is 7.19. The smallest absolute Gasteiger partial charge is 0.0447 e. The van der Waals surface area contributed by atoms with Crippen LogP contribution >= 0.6 is 0 Å². The molecule has 0 radical (unpaired) electrons. The van der Waals surface area contributed by atoms with Crippen LogP contribution in [-0.4, -0.2) is 13.1 Å². The van der Waals surface area contributed by atoms with Gasteiger partial charge in [0, 0.05) is 19.1 Å². The molecule has 1 aromatic carbocycles. The van der Waals surface area contributed by atoms with Crippen molar-refractivity contribution in [1.29, 1.82) is 0 Å². The summed E-state index contributed by atoms with van der Waals surface area (Å²) in [6.07, 6.45) is 1.85. The van der Waals surface area contributed by atoms with Crippen molar-refractivity contribution in [3.63, 3.8) is 0 Å². The van der Waals surface area contributed by atoms with Crippen LogP contribution in [0, 0.1) is 13.8 Å². The van der Waals surface area contributed by atoms with Crippen molar-refractivity contribution in [2.75, 3.05) is 13.1 Å². The van der Waals surface area contributed by atoms with E-state index >= 15 is 0 Å². The fraction of sp³-hybridized carbons (Fsp3) is 0.385. The molecule has 1 unspecified atom stereocenters. The van der Waals surface area contributed by atoms with Crippen molar-refractivity contribution in [1.82, 2.24) is 5.32 Å². The highest BCUT2D eigenvalue weighted by molar-refractivity contribution is 5.31. The Balaban J connectivity index is 2.82. The van der Waals surface area contributed by atoms with Crippen molar-refractivity contribution in [3.05, 3.63) is 47.5 Å². The molecule has 82 valence electrons. The summed E-state index contributed by atoms with van der Waals surface area (Å²) >= 11 is 0. The van der Waals surface area contributed by atoms with Crippen molar-refractivity contribution in [2.45, 2.75) is 19.9 Å². The zero-order valence-corrected chi connectivity index (χ0v) is 9.59. The van der Waals surface area contributed by atoms with Crippen molar-refractivity contribution >= 4 is 0 Å². The molecule has 3 N–H and O–H groups in total. The fourth-order valence-corrected chi connectivity index (χ4v) is 1.54. The van der Waals surface area contributed by atoms with E-state index in [0.717, 1.165) is 6.54 Å². The van der Waals surface area contributed by atoms with E-state index in [1.54, 1.807) is 0 Å². The standard InChI is InChI=1S/C13H20N2/c1-4-7-15-13(9-14)12-6-5-10(2)11(3)8-12/h4-6,8,13,15H,1,7,9,14H2,2-3H3. The van der Waals surface area contributed by atoms with E-state index in [4.69, 9.17) is 5.73 Å². The molecular formula is C13H20N2. The third kappa shape index (κ3) is 3.18. The molecule has 0 aliphatic carbocycles. The second kappa shape index (κ2) is 5.69. The number of rotatable bonds is 5. The molecule has 2 heteroatoms. The van der Waals surface area contributed by atoms with E-state index in [0.29, 0.717) is 6.54 Å². The fourth-order valence-electron chi connectivity index (χ4n) is 1.54. The van der Waals surface area contributed by atoms with E-state index in [2.05, 4.69) is 43.9 Å². The van der Waals surface area contributed by atoms with Gasteiger partial charge in [-0.2, -0.15) is 0 Å². The summed E-state index contributed by atoms with van der Waals surface area (Å²) in [6, 6.07) is 6.70. The van der Waals surface area contributed by atoms with Crippen LogP contribution < -0.4 is 11.1 Å². The Morgan fingerprint density at radius 1 is 1.40 bits per heavy atom. The summed E-state index contributed by atoms with van der Waals surface area (Å²) in [5.41, 5.74) is 9.62. The van der Waals surface area contributed by atoms with Gasteiger partial charge in [-0.1, -0.05) is 24.3 Å². The molecule has 0 heterocycles. The Kier molecular flexibility index (Phi) is 4.53. The van der Waals surface area contributed by atoms with Crippen LogP contribution in [0.1, 0.15) is 22.7 Å². The van der Waals surface area contributed by atoms with Crippen LogP contribution in [-0.2, 0) is 0 Å². The first-order valence-corrected chi connectivity index (χ1v) is 5.30. The Hall–Kier alpha value is -1.12. The number of nitrogens with two attached hydrogens (primary N) is 1. The third-order valence-corrected chi connectivity index (χ3v) is 2.68. The maximum Gasteiger partial charge on any atom is 0.0447 e. The van der Waals surface area contributed by atoms with E-state index < -0.39 is 0 Å². The minimum Gasteiger partial charge on any atom is -0.329 e. The lowest BCUT2D eigenvalue weighted by molar-refractivity contribution is 0.577. The van der Waals surface area contributed by atoms with Gasteiger partial charge in [0.1, 0.15) is 0 Å². The van der Waals surface area contributed by atoms with Crippen molar-refractivity contribution in [2.24, 2.45) is 5.73 Å². The predicted molar refractivity (Wildman–Crippen MR) is 65.9 cm³/mol.